The summed E-state index contributed by atoms with van der Waals surface area (Å²) in [5.41, 5.74) is 15.7. The Kier molecular flexibility index (Phi) is 8.17. The SMILES string of the molecule is c1ccc(-c2ccccc2N(c2ccc(-c3ccc4oc5ccccc5c4c3)cc2)c2ccc(-c3ccc4c5ccc6ccccc6c5n(-c5ccccc5)c4c3)cc2)cc1. The minimum absolute atomic E-state index is 0.904. The molecular formula is C58H38N2O. The number of hydrogen-bond donors (Lipinski definition) is 0. The first-order chi connectivity index (χ1) is 30.2. The lowest BCUT2D eigenvalue weighted by Gasteiger charge is -2.28. The number of hydrogen-bond acceptors (Lipinski definition) is 2. The summed E-state index contributed by atoms with van der Waals surface area (Å²) < 4.78 is 8.57. The molecular weight excluding hydrogens is 741 g/mol. The van der Waals surface area contributed by atoms with Crippen LogP contribution < -0.4 is 4.90 Å². The van der Waals surface area contributed by atoms with Crippen LogP contribution in [0, 0.1) is 0 Å². The van der Waals surface area contributed by atoms with Gasteiger partial charge < -0.3 is 13.9 Å². The van der Waals surface area contributed by atoms with Gasteiger partial charge in [-0.15, -0.1) is 0 Å². The largest absolute Gasteiger partial charge is 0.456 e. The van der Waals surface area contributed by atoms with Crippen molar-refractivity contribution in [3.63, 3.8) is 0 Å². The number of nitrogens with zero attached hydrogens (tertiary/aromatic N) is 2. The second-order valence-electron chi connectivity index (χ2n) is 15.7. The van der Waals surface area contributed by atoms with Crippen LogP contribution in [0.1, 0.15) is 0 Å². The fraction of sp³-hybridized carbons (Fsp3) is 0. The highest BCUT2D eigenvalue weighted by molar-refractivity contribution is 6.19. The summed E-state index contributed by atoms with van der Waals surface area (Å²) in [5, 5.41) is 7.26. The monoisotopic (exact) mass is 778 g/mol. The Balaban J connectivity index is 0.970. The molecule has 10 aromatic carbocycles. The van der Waals surface area contributed by atoms with E-state index in [0.717, 1.165) is 61.4 Å². The topological polar surface area (TPSA) is 21.3 Å². The van der Waals surface area contributed by atoms with Crippen molar-refractivity contribution in [2.75, 3.05) is 4.90 Å². The number of furan rings is 1. The molecule has 0 unspecified atom stereocenters. The van der Waals surface area contributed by atoms with Crippen LogP contribution in [0.25, 0.3) is 93.6 Å². The lowest BCUT2D eigenvalue weighted by molar-refractivity contribution is 0.669. The Labute approximate surface area is 353 Å². The van der Waals surface area contributed by atoms with E-state index >= 15 is 0 Å². The van der Waals surface area contributed by atoms with Crippen LogP contribution in [0.5, 0.6) is 0 Å². The minimum atomic E-state index is 0.904. The zero-order chi connectivity index (χ0) is 40.3. The molecule has 0 aliphatic carbocycles. The maximum Gasteiger partial charge on any atom is 0.135 e. The van der Waals surface area contributed by atoms with E-state index in [4.69, 9.17) is 4.42 Å². The van der Waals surface area contributed by atoms with Crippen molar-refractivity contribution in [3.05, 3.63) is 231 Å². The zero-order valence-electron chi connectivity index (χ0n) is 33.2. The van der Waals surface area contributed by atoms with Gasteiger partial charge in [0, 0.05) is 49.6 Å². The van der Waals surface area contributed by atoms with Crippen LogP contribution in [0.4, 0.5) is 17.1 Å². The summed E-state index contributed by atoms with van der Waals surface area (Å²) in [6, 6.07) is 83.0. The second kappa shape index (κ2) is 14.3. The molecule has 0 spiro atoms. The standard InChI is InChI=1S/C58H38N2O/c1-3-13-41(14-4-1)48-18-9-11-21-54(48)59(46-30-23-39(24-31-46)43-29-36-57-53(37-43)51-20-10-12-22-56(51)61-57)47-32-25-40(26-33-47)44-28-34-50-52-35-27-42-15-7-8-19-49(42)58(52)60(55(50)38-44)45-16-5-2-6-17-45/h1-38H. The van der Waals surface area contributed by atoms with Gasteiger partial charge in [0.15, 0.2) is 0 Å². The highest BCUT2D eigenvalue weighted by atomic mass is 16.3. The third kappa shape index (κ3) is 5.90. The predicted octanol–water partition coefficient (Wildman–Crippen LogP) is 16.3. The third-order valence-corrected chi connectivity index (χ3v) is 12.2. The summed E-state index contributed by atoms with van der Waals surface area (Å²) in [5.74, 6) is 0. The van der Waals surface area contributed by atoms with Crippen molar-refractivity contribution in [1.29, 1.82) is 0 Å². The van der Waals surface area contributed by atoms with Crippen LogP contribution in [0.15, 0.2) is 235 Å². The molecule has 0 radical (unpaired) electrons. The van der Waals surface area contributed by atoms with Crippen molar-refractivity contribution in [1.82, 2.24) is 4.57 Å². The summed E-state index contributed by atoms with van der Waals surface area (Å²) >= 11 is 0. The number of fused-ring (bicyclic) bond motifs is 8. The van der Waals surface area contributed by atoms with E-state index in [1.54, 1.807) is 0 Å². The van der Waals surface area contributed by atoms with Gasteiger partial charge >= 0.3 is 0 Å². The van der Waals surface area contributed by atoms with E-state index in [0.29, 0.717) is 0 Å². The number of aromatic nitrogens is 1. The minimum Gasteiger partial charge on any atom is -0.456 e. The van der Waals surface area contributed by atoms with Gasteiger partial charge in [0.2, 0.25) is 0 Å². The molecule has 0 amide bonds. The van der Waals surface area contributed by atoms with Gasteiger partial charge in [-0.3, -0.25) is 0 Å². The third-order valence-electron chi connectivity index (χ3n) is 12.2. The first kappa shape index (κ1) is 34.9. The number of rotatable bonds is 7. The highest BCUT2D eigenvalue weighted by Crippen LogP contribution is 2.43. The van der Waals surface area contributed by atoms with Gasteiger partial charge in [-0.25, -0.2) is 0 Å². The van der Waals surface area contributed by atoms with Gasteiger partial charge in [0.05, 0.1) is 16.7 Å². The van der Waals surface area contributed by atoms with Crippen molar-refractivity contribution >= 4 is 71.6 Å². The van der Waals surface area contributed by atoms with E-state index < -0.39 is 0 Å². The Morgan fingerprint density at radius 1 is 0.344 bits per heavy atom. The van der Waals surface area contributed by atoms with Crippen LogP contribution in [0.3, 0.4) is 0 Å². The molecule has 12 rings (SSSR count). The molecule has 0 N–H and O–H groups in total. The smallest absolute Gasteiger partial charge is 0.135 e. The molecule has 2 heterocycles. The van der Waals surface area contributed by atoms with Crippen molar-refractivity contribution in [2.24, 2.45) is 0 Å². The van der Waals surface area contributed by atoms with Gasteiger partial charge in [0.1, 0.15) is 11.2 Å². The summed E-state index contributed by atoms with van der Waals surface area (Å²) in [6.07, 6.45) is 0. The molecule has 0 aliphatic rings. The average Bonchev–Trinajstić information content (AvgIpc) is 3.88. The molecule has 0 aliphatic heterocycles. The van der Waals surface area contributed by atoms with E-state index in [9.17, 15) is 0 Å². The first-order valence-corrected chi connectivity index (χ1v) is 20.8. The quantitative estimate of drug-likeness (QED) is 0.161. The first-order valence-electron chi connectivity index (χ1n) is 20.8. The number of anilines is 3. The van der Waals surface area contributed by atoms with Crippen LogP contribution in [-0.2, 0) is 0 Å². The maximum atomic E-state index is 6.14. The number of benzene rings is 10. The summed E-state index contributed by atoms with van der Waals surface area (Å²) in [7, 11) is 0. The molecule has 0 fully saturated rings. The average molecular weight is 779 g/mol. The van der Waals surface area contributed by atoms with E-state index in [1.165, 1.54) is 49.3 Å². The van der Waals surface area contributed by atoms with Crippen molar-refractivity contribution in [2.45, 2.75) is 0 Å². The molecule has 2 aromatic heterocycles. The maximum absolute atomic E-state index is 6.14. The van der Waals surface area contributed by atoms with Crippen molar-refractivity contribution < 1.29 is 4.42 Å². The molecule has 0 saturated carbocycles. The second-order valence-corrected chi connectivity index (χ2v) is 15.7. The number of para-hydroxylation sites is 3. The van der Waals surface area contributed by atoms with Crippen LogP contribution in [0.2, 0.25) is 0 Å². The van der Waals surface area contributed by atoms with Gasteiger partial charge in [-0.1, -0.05) is 164 Å². The Hall–Kier alpha value is -8.14. The van der Waals surface area contributed by atoms with Gasteiger partial charge in [0.25, 0.3) is 0 Å². The zero-order valence-corrected chi connectivity index (χ0v) is 33.2. The van der Waals surface area contributed by atoms with Gasteiger partial charge in [-0.05, 0) is 99.9 Å². The molecule has 3 heteroatoms. The summed E-state index contributed by atoms with van der Waals surface area (Å²) in [4.78, 5) is 2.38. The van der Waals surface area contributed by atoms with E-state index in [1.807, 2.05) is 12.1 Å². The predicted molar refractivity (Wildman–Crippen MR) is 257 cm³/mol. The lowest BCUT2D eigenvalue weighted by Crippen LogP contribution is -2.11. The van der Waals surface area contributed by atoms with Gasteiger partial charge in [-0.2, -0.15) is 0 Å². The molecule has 0 saturated heterocycles. The Bertz CT molecular complexity index is 3560. The molecule has 61 heavy (non-hydrogen) atoms. The Morgan fingerprint density at radius 3 is 1.69 bits per heavy atom. The van der Waals surface area contributed by atoms with E-state index in [-0.39, 0.29) is 0 Å². The fourth-order valence-electron chi connectivity index (χ4n) is 9.27. The van der Waals surface area contributed by atoms with Crippen LogP contribution in [-0.4, -0.2) is 4.57 Å². The molecule has 3 nitrogen and oxygen atoms in total. The summed E-state index contributed by atoms with van der Waals surface area (Å²) in [6.45, 7) is 0. The highest BCUT2D eigenvalue weighted by Gasteiger charge is 2.19. The normalized spacial score (nSPS) is 11.6. The van der Waals surface area contributed by atoms with Crippen molar-refractivity contribution in [3.8, 4) is 39.1 Å². The Morgan fingerprint density at radius 2 is 0.918 bits per heavy atom. The lowest BCUT2D eigenvalue weighted by atomic mass is 9.99. The molecule has 12 aromatic rings. The fourth-order valence-corrected chi connectivity index (χ4v) is 9.27. The molecule has 0 bridgehead atoms. The molecule has 286 valence electrons. The van der Waals surface area contributed by atoms with Crippen LogP contribution >= 0.6 is 0 Å². The molecule has 0 atom stereocenters. The van der Waals surface area contributed by atoms with E-state index in [2.05, 4.69) is 228 Å².